The van der Waals surface area contributed by atoms with E-state index in [0.717, 1.165) is 0 Å². The van der Waals surface area contributed by atoms with Crippen LogP contribution in [0.15, 0.2) is 77.3 Å². The minimum Gasteiger partial charge on any atom is -0.493 e. The molecule has 0 aliphatic heterocycles. The molecule has 3 aromatic carbocycles. The van der Waals surface area contributed by atoms with Crippen LogP contribution in [-0.2, 0) is 16.1 Å². The third-order valence-electron chi connectivity index (χ3n) is 4.96. The van der Waals surface area contributed by atoms with E-state index in [1.54, 1.807) is 49.6 Å². The number of amides is 1. The van der Waals surface area contributed by atoms with Crippen molar-refractivity contribution in [3.05, 3.63) is 84.3 Å². The lowest BCUT2D eigenvalue weighted by molar-refractivity contribution is -0.144. The number of nitrogens with one attached hydrogen (secondary N) is 1. The second kappa shape index (κ2) is 11.5. The molecule has 10 nitrogen and oxygen atoms in total. The fourth-order valence-electron chi connectivity index (χ4n) is 3.15. The zero-order valence-electron chi connectivity index (χ0n) is 19.6. The van der Waals surface area contributed by atoms with Gasteiger partial charge in [0.15, 0.2) is 18.1 Å². The lowest BCUT2D eigenvalue weighted by atomic mass is 10.2. The van der Waals surface area contributed by atoms with Gasteiger partial charge in [-0.15, -0.1) is 0 Å². The molecule has 0 unspecified atom stereocenters. The summed E-state index contributed by atoms with van der Waals surface area (Å²) in [4.78, 5) is 28.6. The number of rotatable bonds is 10. The maximum Gasteiger partial charge on any atom is 0.325 e. The summed E-state index contributed by atoms with van der Waals surface area (Å²) >= 11 is 0. The zero-order chi connectivity index (χ0) is 25.3. The quantitative estimate of drug-likeness (QED) is 0.329. The topological polar surface area (TPSA) is 122 Å². The van der Waals surface area contributed by atoms with Gasteiger partial charge in [0, 0.05) is 11.1 Å². The molecule has 0 bridgehead atoms. The highest BCUT2D eigenvalue weighted by molar-refractivity contribution is 5.96. The van der Waals surface area contributed by atoms with Crippen LogP contribution in [0.1, 0.15) is 16.2 Å². The van der Waals surface area contributed by atoms with Crippen LogP contribution in [0.25, 0.3) is 11.4 Å². The first-order valence-corrected chi connectivity index (χ1v) is 10.9. The van der Waals surface area contributed by atoms with E-state index in [9.17, 15) is 9.59 Å². The van der Waals surface area contributed by atoms with Crippen LogP contribution < -0.4 is 19.5 Å². The van der Waals surface area contributed by atoms with Crippen LogP contribution in [0.4, 0.5) is 0 Å². The van der Waals surface area contributed by atoms with Crippen LogP contribution in [0.2, 0.25) is 0 Å². The Labute approximate surface area is 206 Å². The van der Waals surface area contributed by atoms with Gasteiger partial charge in [-0.25, -0.2) is 0 Å². The number of hydrogen-bond donors (Lipinski definition) is 1. The van der Waals surface area contributed by atoms with Crippen molar-refractivity contribution in [1.29, 1.82) is 0 Å². The number of para-hydroxylation sites is 1. The van der Waals surface area contributed by atoms with Crippen LogP contribution >= 0.6 is 0 Å². The molecule has 0 saturated carbocycles. The first kappa shape index (κ1) is 24.3. The highest BCUT2D eigenvalue weighted by atomic mass is 16.6. The van der Waals surface area contributed by atoms with Crippen LogP contribution in [0.5, 0.6) is 23.0 Å². The Morgan fingerprint density at radius 1 is 0.889 bits per heavy atom. The van der Waals surface area contributed by atoms with Gasteiger partial charge >= 0.3 is 5.97 Å². The van der Waals surface area contributed by atoms with Crippen molar-refractivity contribution < 1.29 is 33.1 Å². The van der Waals surface area contributed by atoms with Crippen molar-refractivity contribution in [1.82, 2.24) is 15.5 Å². The molecule has 184 valence electrons. The van der Waals surface area contributed by atoms with Crippen molar-refractivity contribution >= 4 is 11.9 Å². The predicted octanol–water partition coefficient (Wildman–Crippen LogP) is 4.02. The van der Waals surface area contributed by atoms with Gasteiger partial charge in [0.25, 0.3) is 11.8 Å². The van der Waals surface area contributed by atoms with E-state index < -0.39 is 11.9 Å². The maximum absolute atomic E-state index is 12.3. The van der Waals surface area contributed by atoms with Crippen LogP contribution in [0.3, 0.4) is 0 Å². The fourth-order valence-corrected chi connectivity index (χ4v) is 3.15. The smallest absolute Gasteiger partial charge is 0.325 e. The van der Waals surface area contributed by atoms with Gasteiger partial charge in [0.05, 0.1) is 14.2 Å². The first-order valence-electron chi connectivity index (χ1n) is 10.9. The largest absolute Gasteiger partial charge is 0.493 e. The molecule has 1 N–H and O–H groups in total. The molecule has 0 atom stereocenters. The average Bonchev–Trinajstić information content (AvgIpc) is 3.40. The highest BCUT2D eigenvalue weighted by Gasteiger charge is 2.14. The molecule has 4 aromatic rings. The van der Waals surface area contributed by atoms with Crippen molar-refractivity contribution in [2.45, 2.75) is 6.61 Å². The summed E-state index contributed by atoms with van der Waals surface area (Å²) in [6.45, 7) is -0.557. The van der Waals surface area contributed by atoms with Crippen molar-refractivity contribution in [2.24, 2.45) is 0 Å². The fraction of sp³-hybridized carbons (Fsp3) is 0.154. The summed E-state index contributed by atoms with van der Waals surface area (Å²) in [5.41, 5.74) is 1.01. The standard InChI is InChI=1S/C26H23N3O7/c1-32-21-13-10-18(14-22(21)33-2)25-28-23(36-29-25)16-34-24(30)15-27-26(31)17-8-11-20(12-9-17)35-19-6-4-3-5-7-19/h3-14H,15-16H2,1-2H3,(H,27,31). The van der Waals surface area contributed by atoms with Crippen molar-refractivity contribution in [3.63, 3.8) is 0 Å². The Kier molecular flexibility index (Phi) is 7.76. The third-order valence-corrected chi connectivity index (χ3v) is 4.96. The third kappa shape index (κ3) is 6.17. The van der Waals surface area contributed by atoms with Crippen molar-refractivity contribution in [3.8, 4) is 34.4 Å². The van der Waals surface area contributed by atoms with Gasteiger partial charge in [-0.05, 0) is 54.6 Å². The summed E-state index contributed by atoms with van der Waals surface area (Å²) in [6.07, 6.45) is 0. The Morgan fingerprint density at radius 3 is 2.33 bits per heavy atom. The lowest BCUT2D eigenvalue weighted by Gasteiger charge is -2.07. The van der Waals surface area contributed by atoms with E-state index in [-0.39, 0.29) is 19.0 Å². The van der Waals surface area contributed by atoms with Crippen LogP contribution in [0, 0.1) is 0 Å². The number of esters is 1. The number of methoxy groups -OCH3 is 2. The van der Waals surface area contributed by atoms with Gasteiger partial charge in [-0.1, -0.05) is 23.4 Å². The van der Waals surface area contributed by atoms with E-state index in [1.165, 1.54) is 7.11 Å². The molecular weight excluding hydrogens is 466 g/mol. The maximum atomic E-state index is 12.3. The van der Waals surface area contributed by atoms with Gasteiger partial charge in [0.2, 0.25) is 5.82 Å². The van der Waals surface area contributed by atoms with Gasteiger partial charge < -0.3 is 28.8 Å². The normalized spacial score (nSPS) is 10.4. The number of hydrogen-bond acceptors (Lipinski definition) is 9. The predicted molar refractivity (Wildman–Crippen MR) is 128 cm³/mol. The molecule has 4 rings (SSSR count). The Bertz CT molecular complexity index is 1320. The average molecular weight is 489 g/mol. The van der Waals surface area contributed by atoms with E-state index in [1.807, 2.05) is 30.3 Å². The molecule has 10 heteroatoms. The zero-order valence-corrected chi connectivity index (χ0v) is 19.6. The molecule has 0 aliphatic carbocycles. The van der Waals surface area contributed by atoms with Gasteiger partial charge in [0.1, 0.15) is 18.0 Å². The summed E-state index contributed by atoms with van der Waals surface area (Å²) in [7, 11) is 3.07. The molecule has 0 radical (unpaired) electrons. The summed E-state index contributed by atoms with van der Waals surface area (Å²) in [5, 5.41) is 6.40. The van der Waals surface area contributed by atoms with Crippen LogP contribution in [-0.4, -0.2) is 42.8 Å². The second-order valence-electron chi connectivity index (χ2n) is 7.36. The number of carbonyl (C=O) groups excluding carboxylic acids is 2. The number of carbonyl (C=O) groups is 2. The first-order chi connectivity index (χ1) is 17.6. The Balaban J connectivity index is 1.24. The number of nitrogens with zero attached hydrogens (tertiary/aromatic N) is 2. The van der Waals surface area contributed by atoms with E-state index in [2.05, 4.69) is 15.5 Å². The number of ether oxygens (including phenoxy) is 4. The number of aromatic nitrogens is 2. The molecule has 0 saturated heterocycles. The summed E-state index contributed by atoms with van der Waals surface area (Å²) in [6, 6.07) is 21.0. The monoisotopic (exact) mass is 489 g/mol. The minimum atomic E-state index is -0.654. The summed E-state index contributed by atoms with van der Waals surface area (Å²) < 4.78 is 26.4. The summed E-state index contributed by atoms with van der Waals surface area (Å²) in [5.74, 6) is 1.69. The molecular formula is C26H23N3O7. The molecule has 0 spiro atoms. The second-order valence-corrected chi connectivity index (χ2v) is 7.36. The Morgan fingerprint density at radius 2 is 1.61 bits per heavy atom. The van der Waals surface area contributed by atoms with Gasteiger partial charge in [-0.2, -0.15) is 4.98 Å². The van der Waals surface area contributed by atoms with E-state index in [4.69, 9.17) is 23.5 Å². The number of benzene rings is 3. The Hall–Kier alpha value is -4.86. The molecule has 36 heavy (non-hydrogen) atoms. The van der Waals surface area contributed by atoms with Crippen molar-refractivity contribution in [2.75, 3.05) is 20.8 Å². The molecule has 0 aliphatic rings. The minimum absolute atomic E-state index is 0.105. The molecule has 1 heterocycles. The molecule has 1 amide bonds. The van der Waals surface area contributed by atoms with Gasteiger partial charge in [-0.3, -0.25) is 9.59 Å². The highest BCUT2D eigenvalue weighted by Crippen LogP contribution is 2.31. The molecule has 0 fully saturated rings. The SMILES string of the molecule is COc1ccc(-c2noc(COC(=O)CNC(=O)c3ccc(Oc4ccccc4)cc3)n2)cc1OC. The van der Waals surface area contributed by atoms with E-state index in [0.29, 0.717) is 39.9 Å². The molecule has 1 aromatic heterocycles. The van der Waals surface area contributed by atoms with E-state index >= 15 is 0 Å². The lowest BCUT2D eigenvalue weighted by Crippen LogP contribution is -2.30.